The van der Waals surface area contributed by atoms with Crippen LogP contribution in [0.1, 0.15) is 38.2 Å². The Morgan fingerprint density at radius 3 is 2.45 bits per heavy atom. The fourth-order valence-electron chi connectivity index (χ4n) is 2.94. The van der Waals surface area contributed by atoms with Gasteiger partial charge in [0.1, 0.15) is 6.07 Å². The first kappa shape index (κ1) is 16.0. The molecule has 0 amide bonds. The van der Waals surface area contributed by atoms with Gasteiger partial charge in [0, 0.05) is 18.4 Å². The van der Waals surface area contributed by atoms with Gasteiger partial charge in [-0.15, -0.1) is 0 Å². The first-order valence-corrected chi connectivity index (χ1v) is 7.40. The summed E-state index contributed by atoms with van der Waals surface area (Å²) in [5.41, 5.74) is -0.643. The van der Waals surface area contributed by atoms with Crippen molar-refractivity contribution in [2.45, 2.75) is 38.2 Å². The fourth-order valence-corrected chi connectivity index (χ4v) is 2.94. The predicted molar refractivity (Wildman–Crippen MR) is 78.4 cm³/mol. The van der Waals surface area contributed by atoms with E-state index in [-0.39, 0.29) is 5.92 Å². The maximum atomic E-state index is 12.0. The molecule has 5 nitrogen and oxygen atoms in total. The van der Waals surface area contributed by atoms with Crippen molar-refractivity contribution in [1.82, 2.24) is 0 Å². The molecule has 22 heavy (non-hydrogen) atoms. The number of rotatable bonds is 5. The first-order valence-electron chi connectivity index (χ1n) is 7.40. The second-order valence-corrected chi connectivity index (χ2v) is 5.45. The quantitative estimate of drug-likeness (QED) is 0.781. The van der Waals surface area contributed by atoms with E-state index >= 15 is 0 Å². The molecule has 2 rings (SSSR count). The van der Waals surface area contributed by atoms with Crippen LogP contribution < -0.4 is 0 Å². The van der Waals surface area contributed by atoms with Gasteiger partial charge < -0.3 is 9.47 Å². The summed E-state index contributed by atoms with van der Waals surface area (Å²) in [5.74, 6) is -1.30. The van der Waals surface area contributed by atoms with Crippen LogP contribution in [0.5, 0.6) is 0 Å². The largest absolute Gasteiger partial charge is 0.454 e. The number of esters is 2. The molecule has 1 atom stereocenters. The van der Waals surface area contributed by atoms with Gasteiger partial charge in [-0.2, -0.15) is 5.26 Å². The van der Waals surface area contributed by atoms with Crippen LogP contribution in [0.4, 0.5) is 0 Å². The van der Waals surface area contributed by atoms with Crippen LogP contribution in [0.15, 0.2) is 30.3 Å². The Bertz CT molecular complexity index is 572. The van der Waals surface area contributed by atoms with E-state index in [1.807, 2.05) is 18.2 Å². The molecule has 0 bridgehead atoms. The Morgan fingerprint density at radius 1 is 1.27 bits per heavy atom. The fraction of sp³-hybridized carbons (Fsp3) is 0.471. The Hall–Kier alpha value is -2.35. The topological polar surface area (TPSA) is 76.4 Å². The molecule has 1 aliphatic rings. The molecule has 116 valence electrons. The molecule has 1 aromatic carbocycles. The standard InChI is InChI=1S/C17H19NO4/c1-13(19)21-11-16(20)22-17(12-18,15-9-5-6-10-15)14-7-3-2-4-8-14/h2-4,7-8,15H,5-6,9-11H2,1H3/t17-/m0/s1. The molecular formula is C17H19NO4. The van der Waals surface area contributed by atoms with E-state index < -0.39 is 24.1 Å². The molecule has 0 radical (unpaired) electrons. The molecule has 1 aliphatic carbocycles. The van der Waals surface area contributed by atoms with Crippen LogP contribution in [-0.2, 0) is 24.7 Å². The maximum Gasteiger partial charge on any atom is 0.346 e. The monoisotopic (exact) mass is 301 g/mol. The third kappa shape index (κ3) is 3.45. The van der Waals surface area contributed by atoms with Crippen LogP contribution >= 0.6 is 0 Å². The van der Waals surface area contributed by atoms with Crippen molar-refractivity contribution in [2.24, 2.45) is 5.92 Å². The van der Waals surface area contributed by atoms with Gasteiger partial charge in [0.15, 0.2) is 6.61 Å². The molecule has 1 fully saturated rings. The summed E-state index contributed by atoms with van der Waals surface area (Å²) < 4.78 is 10.2. The third-order valence-corrected chi connectivity index (χ3v) is 3.97. The van der Waals surface area contributed by atoms with Crippen molar-refractivity contribution < 1.29 is 19.1 Å². The highest BCUT2D eigenvalue weighted by molar-refractivity contribution is 5.76. The van der Waals surface area contributed by atoms with Crippen LogP contribution in [0.25, 0.3) is 0 Å². The number of nitriles is 1. The summed E-state index contributed by atoms with van der Waals surface area (Å²) in [4.78, 5) is 22.8. The lowest BCUT2D eigenvalue weighted by Gasteiger charge is -2.32. The minimum atomic E-state index is -1.31. The van der Waals surface area contributed by atoms with Crippen LogP contribution in [-0.4, -0.2) is 18.5 Å². The van der Waals surface area contributed by atoms with Gasteiger partial charge in [0.2, 0.25) is 5.60 Å². The van der Waals surface area contributed by atoms with Gasteiger partial charge in [-0.05, 0) is 12.8 Å². The summed E-state index contributed by atoms with van der Waals surface area (Å²) >= 11 is 0. The van der Waals surface area contributed by atoms with E-state index in [1.54, 1.807) is 12.1 Å². The maximum absolute atomic E-state index is 12.0. The first-order chi connectivity index (χ1) is 10.6. The van der Waals surface area contributed by atoms with Crippen molar-refractivity contribution in [3.05, 3.63) is 35.9 Å². The number of carbonyl (C=O) groups is 2. The number of hydrogen-bond donors (Lipinski definition) is 0. The van der Waals surface area contributed by atoms with E-state index in [4.69, 9.17) is 4.74 Å². The molecule has 1 aromatic rings. The molecular weight excluding hydrogens is 282 g/mol. The van der Waals surface area contributed by atoms with E-state index in [9.17, 15) is 14.9 Å². The van der Waals surface area contributed by atoms with Crippen molar-refractivity contribution in [3.63, 3.8) is 0 Å². The lowest BCUT2D eigenvalue weighted by molar-refractivity contribution is -0.170. The SMILES string of the molecule is CC(=O)OCC(=O)O[C@@](C#N)(c1ccccc1)C1CCCC1. The summed E-state index contributed by atoms with van der Waals surface area (Å²) in [6.45, 7) is 0.747. The third-order valence-electron chi connectivity index (χ3n) is 3.97. The Morgan fingerprint density at radius 2 is 1.91 bits per heavy atom. The minimum Gasteiger partial charge on any atom is -0.454 e. The predicted octanol–water partition coefficient (Wildman–Crippen LogP) is 2.70. The lowest BCUT2D eigenvalue weighted by Crippen LogP contribution is -2.39. The van der Waals surface area contributed by atoms with Crippen molar-refractivity contribution in [2.75, 3.05) is 6.61 Å². The van der Waals surface area contributed by atoms with E-state index in [1.165, 1.54) is 6.92 Å². The molecule has 5 heteroatoms. The highest BCUT2D eigenvalue weighted by Crippen LogP contribution is 2.43. The summed E-state index contributed by atoms with van der Waals surface area (Å²) in [5, 5.41) is 9.78. The van der Waals surface area contributed by atoms with E-state index in [0.717, 1.165) is 25.7 Å². The number of benzene rings is 1. The molecule has 0 saturated heterocycles. The van der Waals surface area contributed by atoms with Gasteiger partial charge in [-0.25, -0.2) is 4.79 Å². The molecule has 1 saturated carbocycles. The van der Waals surface area contributed by atoms with E-state index in [0.29, 0.717) is 5.56 Å². The Kier molecular flexibility index (Phi) is 5.16. The average Bonchev–Trinajstić information content (AvgIpc) is 3.06. The van der Waals surface area contributed by atoms with Crippen molar-refractivity contribution >= 4 is 11.9 Å². The highest BCUT2D eigenvalue weighted by atomic mass is 16.6. The van der Waals surface area contributed by atoms with E-state index in [2.05, 4.69) is 10.8 Å². The normalized spacial score (nSPS) is 17.3. The Labute approximate surface area is 129 Å². The number of carbonyl (C=O) groups excluding carboxylic acids is 2. The van der Waals surface area contributed by atoms with Gasteiger partial charge in [0.05, 0.1) is 0 Å². The summed E-state index contributed by atoms with van der Waals surface area (Å²) in [6, 6.07) is 11.3. The van der Waals surface area contributed by atoms with Crippen LogP contribution in [0, 0.1) is 17.2 Å². The number of ether oxygens (including phenoxy) is 2. The second-order valence-electron chi connectivity index (χ2n) is 5.45. The number of nitrogens with zero attached hydrogens (tertiary/aromatic N) is 1. The minimum absolute atomic E-state index is 0.0406. The molecule has 0 aromatic heterocycles. The smallest absolute Gasteiger partial charge is 0.346 e. The van der Waals surface area contributed by atoms with Crippen LogP contribution in [0.3, 0.4) is 0 Å². The zero-order valence-electron chi connectivity index (χ0n) is 12.6. The van der Waals surface area contributed by atoms with Gasteiger partial charge in [-0.1, -0.05) is 43.2 Å². The van der Waals surface area contributed by atoms with Gasteiger partial charge in [0.25, 0.3) is 0 Å². The lowest BCUT2D eigenvalue weighted by atomic mass is 9.81. The zero-order chi connectivity index (χ0) is 16.0. The molecule has 0 unspecified atom stereocenters. The average molecular weight is 301 g/mol. The molecule has 0 N–H and O–H groups in total. The summed E-state index contributed by atoms with van der Waals surface area (Å²) in [7, 11) is 0. The Balaban J connectivity index is 2.27. The van der Waals surface area contributed by atoms with Gasteiger partial charge in [-0.3, -0.25) is 4.79 Å². The molecule has 0 aliphatic heterocycles. The van der Waals surface area contributed by atoms with Crippen molar-refractivity contribution in [1.29, 1.82) is 5.26 Å². The molecule has 0 spiro atoms. The number of hydrogen-bond acceptors (Lipinski definition) is 5. The van der Waals surface area contributed by atoms with Crippen molar-refractivity contribution in [3.8, 4) is 6.07 Å². The van der Waals surface area contributed by atoms with Crippen LogP contribution in [0.2, 0.25) is 0 Å². The molecule has 0 heterocycles. The zero-order valence-corrected chi connectivity index (χ0v) is 12.6. The second kappa shape index (κ2) is 7.08. The van der Waals surface area contributed by atoms with Gasteiger partial charge >= 0.3 is 11.9 Å². The highest BCUT2D eigenvalue weighted by Gasteiger charge is 2.45. The summed E-state index contributed by atoms with van der Waals surface area (Å²) in [6.07, 6.45) is 3.71.